The molecule has 0 aliphatic heterocycles. The Morgan fingerprint density at radius 2 is 0.181 bits per heavy atom. The van der Waals surface area contributed by atoms with Crippen molar-refractivity contribution in [2.45, 2.75) is 0 Å². The van der Waals surface area contributed by atoms with Crippen molar-refractivity contribution in [1.82, 2.24) is 0 Å². The molecule has 0 aromatic heterocycles. The van der Waals surface area contributed by atoms with E-state index < -0.39 is 0 Å². The Bertz CT molecular complexity index is 4560. The molecule has 446 valence electrons. The molecule has 0 heterocycles. The molecule has 15 aromatic rings. The average molecular weight is 1200 g/mol. The summed E-state index contributed by atoms with van der Waals surface area (Å²) in [4.78, 5) is 9.28. The molecule has 0 spiro atoms. The lowest BCUT2D eigenvalue weighted by atomic mass is 9.99. The molecule has 0 aliphatic rings. The predicted octanol–water partition coefficient (Wildman–Crippen LogP) is 25.6. The van der Waals surface area contributed by atoms with E-state index >= 15 is 0 Å². The highest BCUT2D eigenvalue weighted by molar-refractivity contribution is 5.86. The first-order valence-electron chi connectivity index (χ1n) is 32.0. The van der Waals surface area contributed by atoms with Gasteiger partial charge >= 0.3 is 0 Å². The number of benzene rings is 15. The number of rotatable bonds is 18. The van der Waals surface area contributed by atoms with Gasteiger partial charge in [-0.3, -0.25) is 0 Å². The summed E-state index contributed by atoms with van der Waals surface area (Å²) < 4.78 is 0. The first kappa shape index (κ1) is 57.9. The predicted molar refractivity (Wildman–Crippen MR) is 398 cm³/mol. The van der Waals surface area contributed by atoms with Crippen molar-refractivity contribution in [2.24, 2.45) is 0 Å². The Balaban J connectivity index is 0.628. The van der Waals surface area contributed by atoms with Gasteiger partial charge in [0.25, 0.3) is 0 Å². The van der Waals surface area contributed by atoms with Crippen molar-refractivity contribution in [1.29, 1.82) is 0 Å². The summed E-state index contributed by atoms with van der Waals surface area (Å²) in [6.07, 6.45) is 0. The van der Waals surface area contributed by atoms with Gasteiger partial charge in [0, 0.05) is 68.2 Å². The van der Waals surface area contributed by atoms with E-state index in [1.54, 1.807) is 0 Å². The molecule has 15 rings (SSSR count). The van der Waals surface area contributed by atoms with Crippen LogP contribution in [0.15, 0.2) is 400 Å². The van der Waals surface area contributed by atoms with Crippen LogP contribution < -0.4 is 19.6 Å². The highest BCUT2D eigenvalue weighted by Gasteiger charge is 2.19. The molecule has 4 nitrogen and oxygen atoms in total. The SMILES string of the molecule is c1ccc(-c2ccc(N(c3ccccc3)c3ccc(-c4ccc(N(c5ccccc5)c5ccc(-c6ccc(-c7ccc(N(c8ccccc8)c8ccc(-c9ccc(N(c%10ccccc%10)c%10ccc(-c%11ccccc%11)cc%10)cc9)cc8)cc7)cc6)cc5)cc4)cc3)cc2)cc1. The highest BCUT2D eigenvalue weighted by atomic mass is 15.2. The van der Waals surface area contributed by atoms with Crippen molar-refractivity contribution in [3.8, 4) is 66.8 Å². The molecule has 0 amide bonds. The molecule has 4 heteroatoms. The minimum atomic E-state index is 1.08. The van der Waals surface area contributed by atoms with Gasteiger partial charge < -0.3 is 19.6 Å². The lowest BCUT2D eigenvalue weighted by Gasteiger charge is -2.26. The smallest absolute Gasteiger partial charge is 0.0462 e. The Kier molecular flexibility index (Phi) is 16.6. The summed E-state index contributed by atoms with van der Waals surface area (Å²) in [5.41, 5.74) is 27.2. The number of anilines is 12. The van der Waals surface area contributed by atoms with E-state index in [1.807, 2.05) is 0 Å². The fraction of sp³-hybridized carbons (Fsp3) is 0. The fourth-order valence-electron chi connectivity index (χ4n) is 12.6. The monoisotopic (exact) mass is 1200 g/mol. The molecule has 0 unspecified atom stereocenters. The van der Waals surface area contributed by atoms with Gasteiger partial charge in [0.2, 0.25) is 0 Å². The maximum atomic E-state index is 2.33. The van der Waals surface area contributed by atoms with Crippen molar-refractivity contribution >= 4 is 68.2 Å². The van der Waals surface area contributed by atoms with Crippen LogP contribution in [0.5, 0.6) is 0 Å². The maximum Gasteiger partial charge on any atom is 0.0462 e. The topological polar surface area (TPSA) is 13.0 Å². The summed E-state index contributed by atoms with van der Waals surface area (Å²) in [5.74, 6) is 0. The lowest BCUT2D eigenvalue weighted by molar-refractivity contribution is 1.28. The molecule has 0 saturated carbocycles. The molecule has 0 N–H and O–H groups in total. The molecular weight excluding hydrogens is 1140 g/mol. The van der Waals surface area contributed by atoms with Crippen LogP contribution in [0.2, 0.25) is 0 Å². The molecule has 0 atom stereocenters. The second kappa shape index (κ2) is 26.9. The van der Waals surface area contributed by atoms with Gasteiger partial charge in [0.15, 0.2) is 0 Å². The second-order valence-corrected chi connectivity index (χ2v) is 23.4. The molecule has 15 aromatic carbocycles. The quantitative estimate of drug-likeness (QED) is 0.0849. The minimum Gasteiger partial charge on any atom is -0.311 e. The molecule has 0 radical (unpaired) electrons. The summed E-state index contributed by atoms with van der Waals surface area (Å²) in [6.45, 7) is 0. The third-order valence-corrected chi connectivity index (χ3v) is 17.5. The first-order chi connectivity index (χ1) is 46.6. The van der Waals surface area contributed by atoms with E-state index in [-0.39, 0.29) is 0 Å². The van der Waals surface area contributed by atoms with Gasteiger partial charge in [-0.25, -0.2) is 0 Å². The summed E-state index contributed by atoms with van der Waals surface area (Å²) >= 11 is 0. The van der Waals surface area contributed by atoms with Crippen molar-refractivity contribution in [3.05, 3.63) is 400 Å². The zero-order chi connectivity index (χ0) is 62.8. The van der Waals surface area contributed by atoms with Gasteiger partial charge in [-0.1, -0.05) is 255 Å². The Labute approximate surface area is 551 Å². The zero-order valence-electron chi connectivity index (χ0n) is 51.9. The van der Waals surface area contributed by atoms with Crippen LogP contribution in [-0.4, -0.2) is 0 Å². The summed E-state index contributed by atoms with van der Waals surface area (Å²) in [5, 5.41) is 0. The third-order valence-electron chi connectivity index (χ3n) is 17.5. The zero-order valence-corrected chi connectivity index (χ0v) is 51.9. The number of hydrogen-bond donors (Lipinski definition) is 0. The van der Waals surface area contributed by atoms with E-state index in [0.29, 0.717) is 0 Å². The molecule has 0 fully saturated rings. The average Bonchev–Trinajstić information content (AvgIpc) is 2.45. The van der Waals surface area contributed by atoms with E-state index in [9.17, 15) is 0 Å². The maximum absolute atomic E-state index is 2.33. The standard InChI is InChI=1S/C90H66N4/c1-7-19-67(20-8-1)71-35-51-83(52-36-71)91(79-23-11-3-12-24-79)87-59-43-75(44-60-87)77-47-63-89(64-48-77)93(81-27-15-5-16-28-81)85-55-39-73(40-56-85)69-31-33-70(34-32-69)74-41-57-86(58-42-74)94(82-29-17-6-18-30-82)90-65-49-78(50-66-90)76-45-61-88(62-46-76)92(80-25-13-4-14-26-80)84-53-37-72(38-54-84)68-21-9-2-10-22-68/h1-66H. The van der Waals surface area contributed by atoms with Crippen LogP contribution in [0.3, 0.4) is 0 Å². The Morgan fingerprint density at radius 3 is 0.319 bits per heavy atom. The molecule has 0 bridgehead atoms. The van der Waals surface area contributed by atoms with Gasteiger partial charge in [0.1, 0.15) is 0 Å². The van der Waals surface area contributed by atoms with Crippen molar-refractivity contribution in [2.75, 3.05) is 19.6 Å². The molecular formula is C90H66N4. The van der Waals surface area contributed by atoms with Crippen LogP contribution in [0.4, 0.5) is 68.2 Å². The van der Waals surface area contributed by atoms with Gasteiger partial charge in [-0.05, 0) is 212 Å². The Morgan fingerprint density at radius 1 is 0.0851 bits per heavy atom. The number of para-hydroxylation sites is 4. The highest BCUT2D eigenvalue weighted by Crippen LogP contribution is 2.43. The van der Waals surface area contributed by atoms with Crippen LogP contribution in [-0.2, 0) is 0 Å². The van der Waals surface area contributed by atoms with Crippen LogP contribution in [0, 0.1) is 0 Å². The van der Waals surface area contributed by atoms with E-state index in [2.05, 4.69) is 420 Å². The number of hydrogen-bond acceptors (Lipinski definition) is 4. The van der Waals surface area contributed by atoms with Gasteiger partial charge in [0.05, 0.1) is 0 Å². The second-order valence-electron chi connectivity index (χ2n) is 23.4. The van der Waals surface area contributed by atoms with Crippen LogP contribution >= 0.6 is 0 Å². The van der Waals surface area contributed by atoms with Crippen LogP contribution in [0.1, 0.15) is 0 Å². The first-order valence-corrected chi connectivity index (χ1v) is 32.0. The Hall–Kier alpha value is -12.5. The summed E-state index contributed by atoms with van der Waals surface area (Å²) in [7, 11) is 0. The van der Waals surface area contributed by atoms with E-state index in [0.717, 1.165) is 113 Å². The van der Waals surface area contributed by atoms with Crippen molar-refractivity contribution < 1.29 is 0 Å². The fourth-order valence-corrected chi connectivity index (χ4v) is 12.6. The van der Waals surface area contributed by atoms with E-state index in [4.69, 9.17) is 0 Å². The minimum absolute atomic E-state index is 1.08. The van der Waals surface area contributed by atoms with Gasteiger partial charge in [-0.2, -0.15) is 0 Å². The van der Waals surface area contributed by atoms with Crippen LogP contribution in [0.25, 0.3) is 66.8 Å². The normalized spacial score (nSPS) is 11.0. The molecule has 0 aliphatic carbocycles. The molecule has 94 heavy (non-hydrogen) atoms. The molecule has 0 saturated heterocycles. The lowest BCUT2D eigenvalue weighted by Crippen LogP contribution is -2.10. The van der Waals surface area contributed by atoms with E-state index in [1.165, 1.54) is 22.3 Å². The summed E-state index contributed by atoms with van der Waals surface area (Å²) in [6, 6.07) is 144. The third kappa shape index (κ3) is 12.6. The largest absolute Gasteiger partial charge is 0.311 e. The van der Waals surface area contributed by atoms with Crippen molar-refractivity contribution in [3.63, 3.8) is 0 Å². The van der Waals surface area contributed by atoms with Gasteiger partial charge in [-0.15, -0.1) is 0 Å². The number of nitrogens with zero attached hydrogens (tertiary/aromatic N) is 4.